The molecule has 0 radical (unpaired) electrons. The maximum Gasteiger partial charge on any atom is 0.249 e. The molecule has 0 bridgehead atoms. The quantitative estimate of drug-likeness (QED) is 0.754. The van der Waals surface area contributed by atoms with E-state index in [9.17, 15) is 4.79 Å². The molecule has 0 unspecified atom stereocenters. The smallest absolute Gasteiger partial charge is 0.249 e. The van der Waals surface area contributed by atoms with Gasteiger partial charge in [0.1, 0.15) is 5.65 Å². The summed E-state index contributed by atoms with van der Waals surface area (Å²) in [6, 6.07) is 11.4. The molecule has 1 aliphatic carbocycles. The van der Waals surface area contributed by atoms with Gasteiger partial charge in [0.15, 0.2) is 0 Å². The molecule has 0 saturated heterocycles. The summed E-state index contributed by atoms with van der Waals surface area (Å²) in [7, 11) is 0. The number of halogens is 1. The van der Waals surface area contributed by atoms with E-state index >= 15 is 0 Å². The lowest BCUT2D eigenvalue weighted by Crippen LogP contribution is -2.08. The second kappa shape index (κ2) is 4.74. The second-order valence-corrected chi connectivity index (χ2v) is 5.69. The van der Waals surface area contributed by atoms with Crippen LogP contribution in [0.15, 0.2) is 41.2 Å². The highest BCUT2D eigenvalue weighted by atomic mass is 35.5. The first-order valence-electron chi connectivity index (χ1n) is 7.04. The lowest BCUT2D eigenvalue weighted by Gasteiger charge is -2.03. The average molecular weight is 300 g/mol. The van der Waals surface area contributed by atoms with Crippen molar-refractivity contribution < 1.29 is 0 Å². The predicted octanol–water partition coefficient (Wildman–Crippen LogP) is 3.33. The maximum absolute atomic E-state index is 11.9. The fraction of sp³-hybridized carbons (Fsp3) is 0.250. The molecular formula is C16H14ClN3O. The van der Waals surface area contributed by atoms with E-state index in [1.165, 1.54) is 0 Å². The van der Waals surface area contributed by atoms with Gasteiger partial charge in [0.05, 0.1) is 11.4 Å². The molecule has 106 valence electrons. The monoisotopic (exact) mass is 299 g/mol. The van der Waals surface area contributed by atoms with Crippen molar-refractivity contribution in [2.45, 2.75) is 24.6 Å². The van der Waals surface area contributed by atoms with E-state index in [1.807, 2.05) is 35.0 Å². The summed E-state index contributed by atoms with van der Waals surface area (Å²) in [4.78, 5) is 14.8. The van der Waals surface area contributed by atoms with Gasteiger partial charge in [0, 0.05) is 23.3 Å². The first kappa shape index (κ1) is 12.7. The number of aromatic nitrogens is 3. The summed E-state index contributed by atoms with van der Waals surface area (Å²) in [5.74, 6) is 0.811. The minimum atomic E-state index is -0.141. The van der Waals surface area contributed by atoms with Crippen molar-refractivity contribution in [3.8, 4) is 5.69 Å². The van der Waals surface area contributed by atoms with Gasteiger partial charge in [-0.1, -0.05) is 18.2 Å². The fourth-order valence-corrected chi connectivity index (χ4v) is 2.96. The fourth-order valence-electron chi connectivity index (χ4n) is 2.75. The number of hydrogen-bond acceptors (Lipinski definition) is 2. The van der Waals surface area contributed by atoms with Crippen LogP contribution in [0.3, 0.4) is 0 Å². The Hall–Kier alpha value is -2.07. The molecule has 1 aromatic carbocycles. The Balaban J connectivity index is 2.08. The van der Waals surface area contributed by atoms with Crippen molar-refractivity contribution in [1.82, 2.24) is 14.8 Å². The van der Waals surface area contributed by atoms with Gasteiger partial charge in [-0.3, -0.25) is 4.79 Å². The molecule has 5 heteroatoms. The lowest BCUT2D eigenvalue weighted by atomic mass is 10.1. The Labute approximate surface area is 126 Å². The van der Waals surface area contributed by atoms with Gasteiger partial charge in [0.25, 0.3) is 0 Å². The number of para-hydroxylation sites is 1. The number of benzene rings is 1. The molecule has 4 rings (SSSR count). The Bertz CT molecular complexity index is 862. The maximum atomic E-state index is 11.9. The molecule has 0 spiro atoms. The number of nitrogens with one attached hydrogen (secondary N) is 1. The Kier molecular flexibility index (Phi) is 2.86. The predicted molar refractivity (Wildman–Crippen MR) is 83.2 cm³/mol. The summed E-state index contributed by atoms with van der Waals surface area (Å²) in [6.45, 7) is 0. The van der Waals surface area contributed by atoms with Crippen LogP contribution in [0.2, 0.25) is 0 Å². The van der Waals surface area contributed by atoms with E-state index in [2.05, 4.69) is 4.98 Å². The second-order valence-electron chi connectivity index (χ2n) is 5.42. The molecule has 21 heavy (non-hydrogen) atoms. The Morgan fingerprint density at radius 1 is 1.29 bits per heavy atom. The van der Waals surface area contributed by atoms with Gasteiger partial charge >= 0.3 is 0 Å². The molecule has 1 fully saturated rings. The highest BCUT2D eigenvalue weighted by molar-refractivity contribution is 6.18. The zero-order valence-electron chi connectivity index (χ0n) is 11.3. The van der Waals surface area contributed by atoms with Gasteiger partial charge in [-0.25, -0.2) is 4.68 Å². The SMILES string of the molecule is O=c1cc(CCl)c2c(C3CC3)nn(-c3ccccc3)c2[nH]1. The number of rotatable bonds is 3. The molecule has 0 atom stereocenters. The van der Waals surface area contributed by atoms with Crippen LogP contribution in [0.5, 0.6) is 0 Å². The molecular weight excluding hydrogens is 286 g/mol. The third kappa shape index (κ3) is 2.07. The van der Waals surface area contributed by atoms with E-state index < -0.39 is 0 Å². The Morgan fingerprint density at radius 2 is 2.05 bits per heavy atom. The minimum absolute atomic E-state index is 0.141. The summed E-state index contributed by atoms with van der Waals surface area (Å²) < 4.78 is 1.82. The van der Waals surface area contributed by atoms with Crippen molar-refractivity contribution in [3.63, 3.8) is 0 Å². The van der Waals surface area contributed by atoms with Gasteiger partial charge in [-0.2, -0.15) is 5.10 Å². The van der Waals surface area contributed by atoms with Crippen molar-refractivity contribution in [2.24, 2.45) is 0 Å². The highest BCUT2D eigenvalue weighted by Crippen LogP contribution is 2.43. The number of aromatic amines is 1. The van der Waals surface area contributed by atoms with Crippen LogP contribution >= 0.6 is 11.6 Å². The standard InChI is InChI=1S/C16H14ClN3O/c17-9-11-8-13(21)18-16-14(11)15(10-6-7-10)19-20(16)12-4-2-1-3-5-12/h1-5,8,10H,6-7,9H2,(H,18,21). The lowest BCUT2D eigenvalue weighted by molar-refractivity contribution is 0.849. The van der Waals surface area contributed by atoms with Crippen LogP contribution in [-0.2, 0) is 5.88 Å². The van der Waals surface area contributed by atoms with Crippen LogP contribution in [-0.4, -0.2) is 14.8 Å². The molecule has 0 aliphatic heterocycles. The number of pyridine rings is 1. The van der Waals surface area contributed by atoms with E-state index in [0.29, 0.717) is 11.8 Å². The highest BCUT2D eigenvalue weighted by Gasteiger charge is 2.30. The van der Waals surface area contributed by atoms with Crippen molar-refractivity contribution in [1.29, 1.82) is 0 Å². The van der Waals surface area contributed by atoms with E-state index in [4.69, 9.17) is 16.7 Å². The summed E-state index contributed by atoms with van der Waals surface area (Å²) in [5.41, 5.74) is 3.46. The third-order valence-electron chi connectivity index (χ3n) is 3.89. The molecule has 1 aliphatic rings. The summed E-state index contributed by atoms with van der Waals surface area (Å²) in [5, 5.41) is 5.77. The first-order valence-corrected chi connectivity index (χ1v) is 7.57. The van der Waals surface area contributed by atoms with Gasteiger partial charge in [-0.05, 0) is 30.5 Å². The molecule has 2 aromatic heterocycles. The zero-order valence-corrected chi connectivity index (χ0v) is 12.1. The van der Waals surface area contributed by atoms with Gasteiger partial charge < -0.3 is 4.98 Å². The molecule has 1 saturated carbocycles. The Morgan fingerprint density at radius 3 is 2.71 bits per heavy atom. The molecule has 3 aromatic rings. The normalized spacial score (nSPS) is 14.7. The number of alkyl halides is 1. The molecule has 2 heterocycles. The zero-order chi connectivity index (χ0) is 14.4. The molecule has 0 amide bonds. The third-order valence-corrected chi connectivity index (χ3v) is 4.18. The number of H-pyrrole nitrogens is 1. The number of nitrogens with zero attached hydrogens (tertiary/aromatic N) is 2. The number of fused-ring (bicyclic) bond motifs is 1. The summed E-state index contributed by atoms with van der Waals surface area (Å²) in [6.07, 6.45) is 2.31. The van der Waals surface area contributed by atoms with Crippen LogP contribution in [0.25, 0.3) is 16.7 Å². The van der Waals surface area contributed by atoms with Crippen LogP contribution in [0.4, 0.5) is 0 Å². The van der Waals surface area contributed by atoms with Gasteiger partial charge in [-0.15, -0.1) is 11.6 Å². The topological polar surface area (TPSA) is 50.7 Å². The molecule has 4 nitrogen and oxygen atoms in total. The van der Waals surface area contributed by atoms with Crippen LogP contribution < -0.4 is 5.56 Å². The van der Waals surface area contributed by atoms with Crippen molar-refractivity contribution in [2.75, 3.05) is 0 Å². The molecule has 1 N–H and O–H groups in total. The van der Waals surface area contributed by atoms with E-state index in [0.717, 1.165) is 40.8 Å². The average Bonchev–Trinajstić information content (AvgIpc) is 3.28. The van der Waals surface area contributed by atoms with Crippen LogP contribution in [0.1, 0.15) is 30.0 Å². The van der Waals surface area contributed by atoms with Crippen molar-refractivity contribution in [3.05, 3.63) is 58.0 Å². The first-order chi connectivity index (χ1) is 10.3. The van der Waals surface area contributed by atoms with Crippen LogP contribution in [0, 0.1) is 0 Å². The minimum Gasteiger partial charge on any atom is -0.306 e. The summed E-state index contributed by atoms with van der Waals surface area (Å²) >= 11 is 6.04. The van der Waals surface area contributed by atoms with E-state index in [-0.39, 0.29) is 5.56 Å². The number of hydrogen-bond donors (Lipinski definition) is 1. The largest absolute Gasteiger partial charge is 0.306 e. The van der Waals surface area contributed by atoms with Gasteiger partial charge in [0.2, 0.25) is 5.56 Å². The van der Waals surface area contributed by atoms with Crippen molar-refractivity contribution >= 4 is 22.6 Å². The van der Waals surface area contributed by atoms with E-state index in [1.54, 1.807) is 6.07 Å².